The minimum Gasteiger partial charge on any atom is -0.334 e. The molecule has 0 aromatic heterocycles. The molecule has 1 unspecified atom stereocenters. The van der Waals surface area contributed by atoms with Gasteiger partial charge in [0.2, 0.25) is 0 Å². The van der Waals surface area contributed by atoms with E-state index in [1.54, 1.807) is 11.8 Å². The number of thioether (sulfide) groups is 1. The van der Waals surface area contributed by atoms with Crippen LogP contribution in [-0.2, 0) is 0 Å². The molecule has 0 aliphatic carbocycles. The van der Waals surface area contributed by atoms with Gasteiger partial charge in [-0.1, -0.05) is 30.3 Å². The van der Waals surface area contributed by atoms with Gasteiger partial charge < -0.3 is 5.32 Å². The van der Waals surface area contributed by atoms with Crippen LogP contribution in [0.3, 0.4) is 0 Å². The Morgan fingerprint density at radius 3 is 3.00 bits per heavy atom. The van der Waals surface area contributed by atoms with Crippen LogP contribution in [-0.4, -0.2) is 17.5 Å². The van der Waals surface area contributed by atoms with E-state index in [0.717, 1.165) is 32.6 Å². The normalized spacial score (nSPS) is 20.4. The summed E-state index contributed by atoms with van der Waals surface area (Å²) in [4.78, 5) is 4.48. The molecule has 2 nitrogen and oxygen atoms in total. The first-order valence-corrected chi connectivity index (χ1v) is 7.20. The lowest BCUT2D eigenvalue weighted by molar-refractivity contribution is 0.674. The number of aliphatic imine (C=N–C) groups is 1. The number of amidine groups is 1. The minimum absolute atomic E-state index is 0.671. The molecule has 0 radical (unpaired) electrons. The van der Waals surface area contributed by atoms with Crippen molar-refractivity contribution in [2.24, 2.45) is 10.9 Å². The van der Waals surface area contributed by atoms with Crippen molar-refractivity contribution in [1.82, 2.24) is 0 Å². The second-order valence-electron chi connectivity index (χ2n) is 3.81. The lowest BCUT2D eigenvalue weighted by Crippen LogP contribution is -2.18. The summed E-state index contributed by atoms with van der Waals surface area (Å²) in [5, 5.41) is 5.02. The number of nitrogens with one attached hydrogen (secondary N) is 1. The molecule has 1 aromatic rings. The summed E-state index contributed by atoms with van der Waals surface area (Å²) in [7, 11) is 0. The van der Waals surface area contributed by atoms with Crippen LogP contribution in [0.4, 0.5) is 5.69 Å². The summed E-state index contributed by atoms with van der Waals surface area (Å²) in [6.07, 6.45) is 0. The predicted octanol–water partition coefficient (Wildman–Crippen LogP) is 4.25. The third-order valence-electron chi connectivity index (χ3n) is 2.22. The molecule has 0 saturated heterocycles. The number of hydrogen-bond donors (Lipinski definition) is 1. The van der Waals surface area contributed by atoms with Crippen molar-refractivity contribution in [3.63, 3.8) is 0 Å². The molecule has 2 rings (SSSR count). The molecule has 0 fully saturated rings. The van der Waals surface area contributed by atoms with E-state index in [1.807, 2.05) is 18.2 Å². The van der Waals surface area contributed by atoms with E-state index in [-0.39, 0.29) is 0 Å². The predicted molar refractivity (Wildman–Crippen MR) is 76.7 cm³/mol. The molecular formula is C11H12BrClN2S. The van der Waals surface area contributed by atoms with Gasteiger partial charge in [0.05, 0.1) is 5.69 Å². The smallest absolute Gasteiger partial charge is 0.161 e. The maximum atomic E-state index is 5.89. The topological polar surface area (TPSA) is 24.4 Å². The van der Waals surface area contributed by atoms with Gasteiger partial charge in [-0.15, -0.1) is 0 Å². The first-order chi connectivity index (χ1) is 7.65. The van der Waals surface area contributed by atoms with Gasteiger partial charge in [0, 0.05) is 21.8 Å². The number of halogens is 2. The highest BCUT2D eigenvalue weighted by Crippen LogP contribution is 2.28. The van der Waals surface area contributed by atoms with Crippen molar-refractivity contribution < 1.29 is 0 Å². The molecule has 0 amide bonds. The van der Waals surface area contributed by atoms with E-state index in [0.29, 0.717) is 5.92 Å². The summed E-state index contributed by atoms with van der Waals surface area (Å²) in [6, 6.07) is 5.69. The third-order valence-corrected chi connectivity index (χ3v) is 4.36. The van der Waals surface area contributed by atoms with Crippen molar-refractivity contribution in [2.45, 2.75) is 6.92 Å². The van der Waals surface area contributed by atoms with Crippen LogP contribution in [0.15, 0.2) is 27.7 Å². The summed E-state index contributed by atoms with van der Waals surface area (Å²) >= 11 is 11.1. The van der Waals surface area contributed by atoms with Gasteiger partial charge in [-0.3, -0.25) is 4.99 Å². The van der Waals surface area contributed by atoms with Gasteiger partial charge in [-0.2, -0.15) is 0 Å². The van der Waals surface area contributed by atoms with Gasteiger partial charge in [-0.05, 0) is 40.0 Å². The molecule has 16 heavy (non-hydrogen) atoms. The first kappa shape index (κ1) is 12.3. The van der Waals surface area contributed by atoms with E-state index < -0.39 is 0 Å². The zero-order chi connectivity index (χ0) is 11.5. The van der Waals surface area contributed by atoms with Crippen molar-refractivity contribution >= 4 is 50.1 Å². The summed E-state index contributed by atoms with van der Waals surface area (Å²) in [5.74, 6) is 1.79. The Labute approximate surface area is 113 Å². The highest BCUT2D eigenvalue weighted by Gasteiger charge is 2.12. The molecule has 86 valence electrons. The molecule has 0 bridgehead atoms. The van der Waals surface area contributed by atoms with E-state index in [1.165, 1.54) is 0 Å². The van der Waals surface area contributed by atoms with E-state index >= 15 is 0 Å². The average Bonchev–Trinajstić information content (AvgIpc) is 2.25. The molecule has 1 aliphatic rings. The maximum absolute atomic E-state index is 5.89. The Balaban J connectivity index is 2.09. The molecule has 0 spiro atoms. The molecule has 1 heterocycles. The second-order valence-corrected chi connectivity index (χ2v) is 6.11. The lowest BCUT2D eigenvalue weighted by Gasteiger charge is -2.18. The van der Waals surface area contributed by atoms with Crippen molar-refractivity contribution in [3.05, 3.63) is 27.7 Å². The monoisotopic (exact) mass is 318 g/mol. The number of anilines is 1. The first-order valence-electron chi connectivity index (χ1n) is 5.04. The van der Waals surface area contributed by atoms with Crippen LogP contribution < -0.4 is 5.32 Å². The number of nitrogens with zero attached hydrogens (tertiary/aromatic N) is 1. The Morgan fingerprint density at radius 2 is 2.38 bits per heavy atom. The van der Waals surface area contributed by atoms with E-state index in [4.69, 9.17) is 11.6 Å². The van der Waals surface area contributed by atoms with E-state index in [2.05, 4.69) is 33.2 Å². The Hall–Kier alpha value is -0.190. The molecular weight excluding hydrogens is 308 g/mol. The average molecular weight is 320 g/mol. The Morgan fingerprint density at radius 1 is 1.56 bits per heavy atom. The van der Waals surface area contributed by atoms with Gasteiger partial charge in [0.1, 0.15) is 0 Å². The highest BCUT2D eigenvalue weighted by molar-refractivity contribution is 9.10. The van der Waals surface area contributed by atoms with Gasteiger partial charge >= 0.3 is 0 Å². The van der Waals surface area contributed by atoms with Crippen LogP contribution in [0.5, 0.6) is 0 Å². The van der Waals surface area contributed by atoms with Crippen LogP contribution in [0.25, 0.3) is 0 Å². The molecule has 1 N–H and O–H groups in total. The van der Waals surface area contributed by atoms with Crippen molar-refractivity contribution in [3.8, 4) is 0 Å². The van der Waals surface area contributed by atoms with Gasteiger partial charge in [-0.25, -0.2) is 0 Å². The molecule has 1 aliphatic heterocycles. The highest BCUT2D eigenvalue weighted by atomic mass is 79.9. The Kier molecular flexibility index (Phi) is 4.16. The zero-order valence-corrected chi connectivity index (χ0v) is 12.0. The number of rotatable bonds is 1. The summed E-state index contributed by atoms with van der Waals surface area (Å²) in [6.45, 7) is 3.12. The number of benzene rings is 1. The SMILES string of the molecule is CC1CN=C(Nc2ccc(Cl)cc2Br)SC1. The Bertz CT molecular complexity index is 422. The summed E-state index contributed by atoms with van der Waals surface area (Å²) in [5.41, 5.74) is 1.00. The number of hydrogen-bond acceptors (Lipinski definition) is 3. The largest absolute Gasteiger partial charge is 0.334 e. The fourth-order valence-corrected chi connectivity index (χ4v) is 3.02. The molecule has 1 aromatic carbocycles. The van der Waals surface area contributed by atoms with E-state index in [9.17, 15) is 0 Å². The van der Waals surface area contributed by atoms with Crippen LogP contribution in [0.2, 0.25) is 5.02 Å². The maximum Gasteiger partial charge on any atom is 0.161 e. The van der Waals surface area contributed by atoms with Gasteiger partial charge in [0.25, 0.3) is 0 Å². The van der Waals surface area contributed by atoms with Crippen LogP contribution >= 0.6 is 39.3 Å². The lowest BCUT2D eigenvalue weighted by atomic mass is 10.2. The van der Waals surface area contributed by atoms with Gasteiger partial charge in [0.15, 0.2) is 5.17 Å². The standard InChI is InChI=1S/C11H12BrClN2S/c1-7-5-14-11(16-6-7)15-10-3-2-8(13)4-9(10)12/h2-4,7H,5-6H2,1H3,(H,14,15). The fraction of sp³-hybridized carbons (Fsp3) is 0.364. The molecule has 0 saturated carbocycles. The van der Waals surface area contributed by atoms with Crippen LogP contribution in [0, 0.1) is 5.92 Å². The van der Waals surface area contributed by atoms with Crippen LogP contribution in [0.1, 0.15) is 6.92 Å². The molecule has 1 atom stereocenters. The zero-order valence-electron chi connectivity index (χ0n) is 8.84. The van der Waals surface area contributed by atoms with Crippen molar-refractivity contribution in [1.29, 1.82) is 0 Å². The minimum atomic E-state index is 0.671. The third kappa shape index (κ3) is 3.15. The summed E-state index contributed by atoms with van der Waals surface area (Å²) < 4.78 is 0.960. The van der Waals surface area contributed by atoms with Crippen molar-refractivity contribution in [2.75, 3.05) is 17.6 Å². The molecule has 5 heteroatoms. The second kappa shape index (κ2) is 5.43. The quantitative estimate of drug-likeness (QED) is 0.836. The fourth-order valence-electron chi connectivity index (χ4n) is 1.34.